The zero-order chi connectivity index (χ0) is 19.6. The van der Waals surface area contributed by atoms with Crippen LogP contribution in [0, 0.1) is 11.3 Å². The molecule has 0 saturated carbocycles. The summed E-state index contributed by atoms with van der Waals surface area (Å²) in [7, 11) is 0. The van der Waals surface area contributed by atoms with E-state index in [2.05, 4.69) is 96.8 Å². The van der Waals surface area contributed by atoms with Gasteiger partial charge >= 0.3 is 0 Å². The Morgan fingerprint density at radius 1 is 1.23 bits per heavy atom. The second kappa shape index (κ2) is 8.25. The van der Waals surface area contributed by atoms with Gasteiger partial charge in [0.1, 0.15) is 0 Å². The number of benzene rings is 1. The van der Waals surface area contributed by atoms with Crippen molar-refractivity contribution in [3.8, 4) is 0 Å². The van der Waals surface area contributed by atoms with Crippen molar-refractivity contribution in [1.82, 2.24) is 4.90 Å². The van der Waals surface area contributed by atoms with Gasteiger partial charge < -0.3 is 4.90 Å². The van der Waals surface area contributed by atoms with Gasteiger partial charge in [-0.25, -0.2) is 0 Å². The molecular formula is C24H37NS. The van der Waals surface area contributed by atoms with E-state index < -0.39 is 0 Å². The fraction of sp³-hybridized carbons (Fsp3) is 0.583. The molecule has 2 rings (SSSR count). The quantitative estimate of drug-likeness (QED) is 0.539. The predicted octanol–water partition coefficient (Wildman–Crippen LogP) is 7.13. The van der Waals surface area contributed by atoms with Crippen LogP contribution in [-0.2, 0) is 0 Å². The van der Waals surface area contributed by atoms with E-state index in [1.54, 1.807) is 0 Å². The monoisotopic (exact) mass is 371 g/mol. The molecule has 0 bridgehead atoms. The van der Waals surface area contributed by atoms with Crippen LogP contribution in [0.1, 0.15) is 78.4 Å². The van der Waals surface area contributed by atoms with Crippen molar-refractivity contribution < 1.29 is 0 Å². The fourth-order valence-corrected chi connectivity index (χ4v) is 4.24. The fourth-order valence-electron chi connectivity index (χ4n) is 4.09. The van der Waals surface area contributed by atoms with Gasteiger partial charge in [-0.2, -0.15) is 0 Å². The highest BCUT2D eigenvalue weighted by Gasteiger charge is 2.35. The van der Waals surface area contributed by atoms with E-state index in [1.165, 1.54) is 28.8 Å². The van der Waals surface area contributed by atoms with E-state index in [9.17, 15) is 0 Å². The van der Waals surface area contributed by atoms with Crippen LogP contribution >= 0.6 is 12.6 Å². The SMILES string of the molecule is C=C(CC(C)(C)C)N1CC(C)CC1C(C)c1ccc(C(S)=C(C)C)cc1. The van der Waals surface area contributed by atoms with Crippen molar-refractivity contribution in [2.45, 2.75) is 73.3 Å². The minimum atomic E-state index is 0.283. The Kier molecular flexibility index (Phi) is 6.71. The van der Waals surface area contributed by atoms with Crippen molar-refractivity contribution in [3.05, 3.63) is 53.2 Å². The lowest BCUT2D eigenvalue weighted by Crippen LogP contribution is -2.33. The second-order valence-corrected chi connectivity index (χ2v) is 10.1. The van der Waals surface area contributed by atoms with Crippen LogP contribution in [-0.4, -0.2) is 17.5 Å². The number of allylic oxidation sites excluding steroid dienone is 2. The molecule has 26 heavy (non-hydrogen) atoms. The largest absolute Gasteiger partial charge is 0.371 e. The smallest absolute Gasteiger partial charge is 0.0355 e. The number of hydrogen-bond donors (Lipinski definition) is 1. The lowest BCUT2D eigenvalue weighted by molar-refractivity contribution is 0.251. The number of hydrogen-bond acceptors (Lipinski definition) is 2. The summed E-state index contributed by atoms with van der Waals surface area (Å²) in [5.74, 6) is 1.23. The second-order valence-electron chi connectivity index (χ2n) is 9.62. The van der Waals surface area contributed by atoms with Gasteiger partial charge in [-0.3, -0.25) is 0 Å². The standard InChI is InChI=1S/C24H37NS/c1-16(2)23(26)21-11-9-20(10-12-21)19(5)22-13-17(3)15-25(22)18(4)14-24(6,7)8/h9-12,17,19,22,26H,4,13-15H2,1-3,5-8H3. The Balaban J connectivity index is 2.19. The number of likely N-dealkylation sites (tertiary alicyclic amines) is 1. The zero-order valence-corrected chi connectivity index (χ0v) is 18.7. The summed E-state index contributed by atoms with van der Waals surface area (Å²) in [5, 5.41) is 0. The van der Waals surface area contributed by atoms with Gasteiger partial charge in [0.05, 0.1) is 0 Å². The molecule has 1 aliphatic rings. The Bertz CT molecular complexity index is 658. The summed E-state index contributed by atoms with van der Waals surface area (Å²) in [6, 6.07) is 9.55. The predicted molar refractivity (Wildman–Crippen MR) is 120 cm³/mol. The first kappa shape index (κ1) is 21.2. The summed E-state index contributed by atoms with van der Waals surface area (Å²) in [6.45, 7) is 21.4. The van der Waals surface area contributed by atoms with E-state index in [1.807, 2.05) is 0 Å². The minimum Gasteiger partial charge on any atom is -0.371 e. The van der Waals surface area contributed by atoms with E-state index in [0.29, 0.717) is 12.0 Å². The molecule has 1 aromatic carbocycles. The van der Waals surface area contributed by atoms with Crippen LogP contribution in [0.15, 0.2) is 42.1 Å². The van der Waals surface area contributed by atoms with Gasteiger partial charge in [0.15, 0.2) is 0 Å². The molecule has 1 aromatic rings. The molecule has 0 aliphatic carbocycles. The number of thiol groups is 1. The Morgan fingerprint density at radius 3 is 2.31 bits per heavy atom. The molecule has 3 unspecified atom stereocenters. The molecule has 1 aliphatic heterocycles. The van der Waals surface area contributed by atoms with E-state index in [-0.39, 0.29) is 5.41 Å². The maximum absolute atomic E-state index is 4.64. The summed E-state index contributed by atoms with van der Waals surface area (Å²) in [4.78, 5) is 3.67. The normalized spacial score (nSPS) is 21.6. The van der Waals surface area contributed by atoms with E-state index in [0.717, 1.165) is 23.8 Å². The van der Waals surface area contributed by atoms with Crippen molar-refractivity contribution in [1.29, 1.82) is 0 Å². The molecule has 1 saturated heterocycles. The lowest BCUT2D eigenvalue weighted by Gasteiger charge is -2.35. The van der Waals surface area contributed by atoms with Crippen LogP contribution in [0.25, 0.3) is 4.91 Å². The minimum absolute atomic E-state index is 0.283. The average Bonchev–Trinajstić information content (AvgIpc) is 2.94. The molecule has 144 valence electrons. The van der Waals surface area contributed by atoms with Crippen molar-refractivity contribution >= 4 is 17.5 Å². The molecule has 0 radical (unpaired) electrons. The topological polar surface area (TPSA) is 3.24 Å². The first-order chi connectivity index (χ1) is 12.0. The van der Waals surface area contributed by atoms with Crippen molar-refractivity contribution in [2.75, 3.05) is 6.54 Å². The molecule has 1 heterocycles. The van der Waals surface area contributed by atoms with Gasteiger partial charge in [0.2, 0.25) is 0 Å². The molecule has 0 aromatic heterocycles. The van der Waals surface area contributed by atoms with Gasteiger partial charge in [0.25, 0.3) is 0 Å². The van der Waals surface area contributed by atoms with E-state index >= 15 is 0 Å². The Morgan fingerprint density at radius 2 is 1.81 bits per heavy atom. The molecule has 0 amide bonds. The molecular weight excluding hydrogens is 334 g/mol. The molecule has 3 atom stereocenters. The first-order valence-electron chi connectivity index (χ1n) is 9.91. The van der Waals surface area contributed by atoms with Gasteiger partial charge in [-0.15, -0.1) is 12.6 Å². The first-order valence-corrected chi connectivity index (χ1v) is 10.4. The molecule has 0 N–H and O–H groups in total. The molecule has 1 fully saturated rings. The highest BCUT2D eigenvalue weighted by molar-refractivity contribution is 7.90. The molecule has 1 nitrogen and oxygen atoms in total. The van der Waals surface area contributed by atoms with Gasteiger partial charge in [-0.1, -0.05) is 71.0 Å². The lowest BCUT2D eigenvalue weighted by atomic mass is 9.87. The molecule has 2 heteroatoms. The van der Waals surface area contributed by atoms with Crippen LogP contribution in [0.2, 0.25) is 0 Å². The summed E-state index contributed by atoms with van der Waals surface area (Å²) < 4.78 is 0. The third-order valence-corrected chi connectivity index (χ3v) is 6.16. The van der Waals surface area contributed by atoms with Gasteiger partial charge in [-0.05, 0) is 49.1 Å². The summed E-state index contributed by atoms with van der Waals surface area (Å²) >= 11 is 4.64. The molecule has 0 spiro atoms. The van der Waals surface area contributed by atoms with Crippen molar-refractivity contribution in [2.24, 2.45) is 11.3 Å². The van der Waals surface area contributed by atoms with Crippen LogP contribution < -0.4 is 0 Å². The Labute approximate surface area is 167 Å². The van der Waals surface area contributed by atoms with E-state index in [4.69, 9.17) is 0 Å². The Hall–Kier alpha value is -1.15. The van der Waals surface area contributed by atoms with Crippen LogP contribution in [0.5, 0.6) is 0 Å². The van der Waals surface area contributed by atoms with Crippen LogP contribution in [0.3, 0.4) is 0 Å². The number of nitrogens with zero attached hydrogens (tertiary/aromatic N) is 1. The average molecular weight is 372 g/mol. The highest BCUT2D eigenvalue weighted by atomic mass is 32.1. The van der Waals surface area contributed by atoms with Crippen molar-refractivity contribution in [3.63, 3.8) is 0 Å². The maximum atomic E-state index is 4.64. The third-order valence-electron chi connectivity index (χ3n) is 5.45. The summed E-state index contributed by atoms with van der Waals surface area (Å²) in [6.07, 6.45) is 2.31. The highest BCUT2D eigenvalue weighted by Crippen LogP contribution is 2.38. The zero-order valence-electron chi connectivity index (χ0n) is 17.8. The number of rotatable bonds is 5. The maximum Gasteiger partial charge on any atom is 0.0355 e. The third kappa shape index (κ3) is 5.19. The van der Waals surface area contributed by atoms with Gasteiger partial charge in [0, 0.05) is 29.1 Å². The van der Waals surface area contributed by atoms with Crippen LogP contribution in [0.4, 0.5) is 0 Å². The summed E-state index contributed by atoms with van der Waals surface area (Å²) in [5.41, 5.74) is 5.46.